The zero-order valence-electron chi connectivity index (χ0n) is 15.4. The van der Waals surface area contributed by atoms with E-state index in [-0.39, 0.29) is 17.3 Å². The van der Waals surface area contributed by atoms with Crippen LogP contribution in [0.25, 0.3) is 0 Å². The average molecular weight is 364 g/mol. The van der Waals surface area contributed by atoms with E-state index in [4.69, 9.17) is 0 Å². The molecule has 1 N–H and O–H groups in total. The Morgan fingerprint density at radius 2 is 1.72 bits per heavy atom. The highest BCUT2D eigenvalue weighted by atomic mass is 32.2. The van der Waals surface area contributed by atoms with Crippen molar-refractivity contribution in [1.82, 2.24) is 14.1 Å². The summed E-state index contributed by atoms with van der Waals surface area (Å²) in [5.74, 6) is -0.253. The average Bonchev–Trinajstić information content (AvgIpc) is 2.77. The fourth-order valence-corrected chi connectivity index (χ4v) is 3.97. The Morgan fingerprint density at radius 3 is 2.24 bits per heavy atom. The lowest BCUT2D eigenvalue weighted by atomic mass is 10.1. The lowest BCUT2D eigenvalue weighted by Gasteiger charge is -2.13. The fourth-order valence-electron chi connectivity index (χ4n) is 2.72. The summed E-state index contributed by atoms with van der Waals surface area (Å²) in [5, 5.41) is 7.12. The van der Waals surface area contributed by atoms with Crippen LogP contribution >= 0.6 is 0 Å². The van der Waals surface area contributed by atoms with Gasteiger partial charge in [-0.05, 0) is 38.8 Å². The van der Waals surface area contributed by atoms with E-state index in [1.54, 1.807) is 13.8 Å². The highest BCUT2D eigenvalue weighted by Gasteiger charge is 2.27. The highest BCUT2D eigenvalue weighted by molar-refractivity contribution is 7.89. The van der Waals surface area contributed by atoms with Crippen molar-refractivity contribution in [2.75, 3.05) is 19.4 Å². The van der Waals surface area contributed by atoms with Crippen molar-refractivity contribution in [3.63, 3.8) is 0 Å². The molecule has 0 fully saturated rings. The van der Waals surface area contributed by atoms with Gasteiger partial charge in [0.15, 0.2) is 0 Å². The zero-order chi connectivity index (χ0) is 18.9. The Hall–Kier alpha value is -2.19. The summed E-state index contributed by atoms with van der Waals surface area (Å²) in [6.45, 7) is 7.08. The molecule has 0 spiro atoms. The van der Waals surface area contributed by atoms with Gasteiger partial charge in [-0.25, -0.2) is 12.7 Å². The monoisotopic (exact) mass is 364 g/mol. The quantitative estimate of drug-likeness (QED) is 0.879. The van der Waals surface area contributed by atoms with E-state index in [1.807, 2.05) is 32.0 Å². The Balaban J connectivity index is 2.29. The Bertz CT molecular complexity index is 894. The number of carbonyl (C=O) groups is 1. The third kappa shape index (κ3) is 3.74. The molecule has 2 rings (SSSR count). The number of hydrogen-bond donors (Lipinski definition) is 1. The van der Waals surface area contributed by atoms with Gasteiger partial charge in [-0.1, -0.05) is 18.2 Å². The zero-order valence-corrected chi connectivity index (χ0v) is 16.2. The van der Waals surface area contributed by atoms with E-state index in [9.17, 15) is 13.2 Å². The van der Waals surface area contributed by atoms with Crippen LogP contribution in [0, 0.1) is 27.7 Å². The number of aryl methyl sites for hydroxylation is 3. The molecular formula is C17H24N4O3S. The van der Waals surface area contributed by atoms with Crippen LogP contribution in [-0.2, 0) is 21.4 Å². The first-order valence-electron chi connectivity index (χ1n) is 7.88. The Labute approximate surface area is 148 Å². The number of para-hydroxylation sites is 1. The van der Waals surface area contributed by atoms with E-state index < -0.39 is 10.0 Å². The van der Waals surface area contributed by atoms with Crippen LogP contribution in [0.15, 0.2) is 23.1 Å². The second-order valence-electron chi connectivity index (χ2n) is 6.26. The van der Waals surface area contributed by atoms with Gasteiger partial charge in [-0.2, -0.15) is 5.10 Å². The molecule has 136 valence electrons. The number of amides is 1. The molecule has 0 aliphatic carbocycles. The standard InChI is InChI=1S/C17H24N4O3S/c1-11-8-7-9-12(2)16(11)18-15(22)10-21-14(4)17(13(3)19-21)25(23,24)20(5)6/h7-9H,10H2,1-6H3,(H,18,22). The molecule has 8 heteroatoms. The minimum absolute atomic E-state index is 0.0522. The van der Waals surface area contributed by atoms with Gasteiger partial charge in [-0.15, -0.1) is 0 Å². The largest absolute Gasteiger partial charge is 0.324 e. The van der Waals surface area contributed by atoms with Crippen LogP contribution in [-0.4, -0.2) is 42.5 Å². The van der Waals surface area contributed by atoms with Crippen molar-refractivity contribution < 1.29 is 13.2 Å². The predicted molar refractivity (Wildman–Crippen MR) is 97.1 cm³/mol. The highest BCUT2D eigenvalue weighted by Crippen LogP contribution is 2.23. The maximum atomic E-state index is 12.4. The first-order valence-corrected chi connectivity index (χ1v) is 9.32. The summed E-state index contributed by atoms with van der Waals surface area (Å²) >= 11 is 0. The molecule has 0 radical (unpaired) electrons. The maximum absolute atomic E-state index is 12.4. The third-order valence-corrected chi connectivity index (χ3v) is 6.16. The molecule has 0 unspecified atom stereocenters. The molecule has 2 aromatic rings. The lowest BCUT2D eigenvalue weighted by molar-refractivity contribution is -0.117. The first kappa shape index (κ1) is 19.1. The van der Waals surface area contributed by atoms with Gasteiger partial charge < -0.3 is 5.32 Å². The van der Waals surface area contributed by atoms with Gasteiger partial charge in [-0.3, -0.25) is 9.48 Å². The predicted octanol–water partition coefficient (Wildman–Crippen LogP) is 2.01. The van der Waals surface area contributed by atoms with E-state index >= 15 is 0 Å². The van der Waals surface area contributed by atoms with E-state index in [0.29, 0.717) is 11.4 Å². The molecule has 1 amide bonds. The van der Waals surface area contributed by atoms with Crippen LogP contribution in [0.1, 0.15) is 22.5 Å². The number of aromatic nitrogens is 2. The second-order valence-corrected chi connectivity index (χ2v) is 8.35. The minimum atomic E-state index is -3.61. The Morgan fingerprint density at radius 1 is 1.16 bits per heavy atom. The molecule has 7 nitrogen and oxygen atoms in total. The second kappa shape index (κ2) is 6.97. The minimum Gasteiger partial charge on any atom is -0.324 e. The van der Waals surface area contributed by atoms with Gasteiger partial charge >= 0.3 is 0 Å². The van der Waals surface area contributed by atoms with Crippen LogP contribution in [0.5, 0.6) is 0 Å². The molecule has 0 saturated carbocycles. The van der Waals surface area contributed by atoms with Gasteiger partial charge in [0.25, 0.3) is 0 Å². The van der Waals surface area contributed by atoms with Crippen LogP contribution < -0.4 is 5.32 Å². The number of hydrogen-bond acceptors (Lipinski definition) is 4. The van der Waals surface area contributed by atoms with Crippen LogP contribution in [0.4, 0.5) is 5.69 Å². The number of anilines is 1. The van der Waals surface area contributed by atoms with Gasteiger partial charge in [0.2, 0.25) is 15.9 Å². The van der Waals surface area contributed by atoms with Crippen molar-refractivity contribution in [2.45, 2.75) is 39.1 Å². The molecule has 25 heavy (non-hydrogen) atoms. The smallest absolute Gasteiger partial charge is 0.246 e. The first-order chi connectivity index (χ1) is 11.6. The van der Waals surface area contributed by atoms with Crippen molar-refractivity contribution >= 4 is 21.6 Å². The van der Waals surface area contributed by atoms with Crippen LogP contribution in [0.2, 0.25) is 0 Å². The molecule has 0 saturated heterocycles. The molecule has 0 bridgehead atoms. The number of nitrogens with one attached hydrogen (secondary N) is 1. The number of nitrogens with zero attached hydrogens (tertiary/aromatic N) is 3. The van der Waals surface area contributed by atoms with Crippen molar-refractivity contribution in [2.24, 2.45) is 0 Å². The molecule has 1 aromatic heterocycles. The molecule has 0 aliphatic heterocycles. The number of carbonyl (C=O) groups excluding carboxylic acids is 1. The van der Waals surface area contributed by atoms with E-state index in [0.717, 1.165) is 21.1 Å². The number of sulfonamides is 1. The third-order valence-electron chi connectivity index (χ3n) is 4.09. The molecular weight excluding hydrogens is 340 g/mol. The Kier molecular flexibility index (Phi) is 5.34. The normalized spacial score (nSPS) is 11.8. The van der Waals surface area contributed by atoms with Crippen molar-refractivity contribution in [1.29, 1.82) is 0 Å². The topological polar surface area (TPSA) is 84.3 Å². The van der Waals surface area contributed by atoms with Crippen molar-refractivity contribution in [3.05, 3.63) is 40.7 Å². The lowest BCUT2D eigenvalue weighted by Crippen LogP contribution is -2.24. The fraction of sp³-hybridized carbons (Fsp3) is 0.412. The van der Waals surface area contributed by atoms with Gasteiger partial charge in [0.1, 0.15) is 11.4 Å². The summed E-state index contributed by atoms with van der Waals surface area (Å²) in [6.07, 6.45) is 0. The summed E-state index contributed by atoms with van der Waals surface area (Å²) < 4.78 is 27.4. The molecule has 1 aromatic carbocycles. The summed E-state index contributed by atoms with van der Waals surface area (Å²) in [5.41, 5.74) is 3.54. The van der Waals surface area contributed by atoms with Gasteiger partial charge in [0, 0.05) is 19.8 Å². The number of benzene rings is 1. The van der Waals surface area contributed by atoms with E-state index in [2.05, 4.69) is 10.4 Å². The van der Waals surface area contributed by atoms with Crippen molar-refractivity contribution in [3.8, 4) is 0 Å². The summed E-state index contributed by atoms with van der Waals surface area (Å²) in [6, 6.07) is 5.78. The summed E-state index contributed by atoms with van der Waals surface area (Å²) in [4.78, 5) is 12.6. The maximum Gasteiger partial charge on any atom is 0.246 e. The molecule has 0 aliphatic rings. The number of rotatable bonds is 5. The van der Waals surface area contributed by atoms with Crippen LogP contribution in [0.3, 0.4) is 0 Å². The van der Waals surface area contributed by atoms with E-state index in [1.165, 1.54) is 18.8 Å². The molecule has 1 heterocycles. The SMILES string of the molecule is Cc1cccc(C)c1NC(=O)Cn1nc(C)c(S(=O)(=O)N(C)C)c1C. The molecule has 0 atom stereocenters. The summed E-state index contributed by atoms with van der Waals surface area (Å²) in [7, 11) is -0.664. The van der Waals surface area contributed by atoms with Gasteiger partial charge in [0.05, 0.1) is 11.4 Å².